The van der Waals surface area contributed by atoms with Crippen molar-refractivity contribution in [2.24, 2.45) is 0 Å². The molecule has 0 bridgehead atoms. The molecule has 0 aliphatic carbocycles. The third-order valence-electron chi connectivity index (χ3n) is 4.51. The first kappa shape index (κ1) is 18.8. The Morgan fingerprint density at radius 1 is 0.852 bits per heavy atom. The summed E-state index contributed by atoms with van der Waals surface area (Å²) in [5.41, 5.74) is -0.200. The van der Waals surface area contributed by atoms with E-state index in [0.717, 1.165) is 5.69 Å². The molecular weight excluding hydrogens is 342 g/mol. The van der Waals surface area contributed by atoms with E-state index in [2.05, 4.69) is 5.32 Å². The van der Waals surface area contributed by atoms with E-state index in [1.54, 1.807) is 23.6 Å². The number of ether oxygens (including phenoxy) is 1. The second kappa shape index (κ2) is 8.12. The Labute approximate surface area is 159 Å². The van der Waals surface area contributed by atoms with E-state index in [4.69, 9.17) is 4.74 Å². The predicted molar refractivity (Wildman–Crippen MR) is 105 cm³/mol. The number of amides is 3. The lowest BCUT2D eigenvalue weighted by atomic mass is 10.1. The number of benzene rings is 2. The first-order valence-electron chi connectivity index (χ1n) is 9.10. The fourth-order valence-electron chi connectivity index (χ4n) is 3.04. The van der Waals surface area contributed by atoms with Gasteiger partial charge in [0.15, 0.2) is 5.60 Å². The second-order valence-electron chi connectivity index (χ2n) is 7.00. The van der Waals surface area contributed by atoms with Gasteiger partial charge in [-0.2, -0.15) is 0 Å². The SMILES string of the molecule is CC(C)(Oc1ccccc1)C(=O)N1CCN(C(=O)Nc2ccccc2)CC1. The van der Waals surface area contributed by atoms with Crippen molar-refractivity contribution in [2.45, 2.75) is 19.4 Å². The van der Waals surface area contributed by atoms with E-state index in [-0.39, 0.29) is 11.9 Å². The molecule has 1 saturated heterocycles. The standard InChI is InChI=1S/C21H25N3O3/c1-21(2,27-18-11-7-4-8-12-18)19(25)23-13-15-24(16-14-23)20(26)22-17-9-5-3-6-10-17/h3-12H,13-16H2,1-2H3,(H,22,26). The number of carbonyl (C=O) groups is 2. The molecule has 2 aromatic carbocycles. The Hall–Kier alpha value is -3.02. The van der Waals surface area contributed by atoms with Gasteiger partial charge in [-0.1, -0.05) is 36.4 Å². The van der Waals surface area contributed by atoms with Crippen molar-refractivity contribution in [3.63, 3.8) is 0 Å². The van der Waals surface area contributed by atoms with E-state index in [9.17, 15) is 9.59 Å². The molecule has 6 nitrogen and oxygen atoms in total. The number of para-hydroxylation sites is 2. The summed E-state index contributed by atoms with van der Waals surface area (Å²) in [5, 5.41) is 2.88. The summed E-state index contributed by atoms with van der Waals surface area (Å²) < 4.78 is 5.89. The Bertz CT molecular complexity index is 770. The van der Waals surface area contributed by atoms with Crippen LogP contribution in [-0.2, 0) is 4.79 Å². The highest BCUT2D eigenvalue weighted by Gasteiger charge is 2.36. The minimum Gasteiger partial charge on any atom is -0.478 e. The maximum atomic E-state index is 12.9. The lowest BCUT2D eigenvalue weighted by molar-refractivity contribution is -0.146. The van der Waals surface area contributed by atoms with Crippen LogP contribution in [0.2, 0.25) is 0 Å². The molecular formula is C21H25N3O3. The van der Waals surface area contributed by atoms with Crippen LogP contribution in [-0.4, -0.2) is 53.5 Å². The van der Waals surface area contributed by atoms with Crippen LogP contribution in [0.4, 0.5) is 10.5 Å². The van der Waals surface area contributed by atoms with Crippen LogP contribution in [0, 0.1) is 0 Å². The van der Waals surface area contributed by atoms with Crippen LogP contribution in [0.25, 0.3) is 0 Å². The van der Waals surface area contributed by atoms with Gasteiger partial charge in [-0.25, -0.2) is 4.79 Å². The van der Waals surface area contributed by atoms with Crippen LogP contribution in [0.15, 0.2) is 60.7 Å². The average molecular weight is 367 g/mol. The van der Waals surface area contributed by atoms with E-state index in [1.807, 2.05) is 60.7 Å². The van der Waals surface area contributed by atoms with Crippen molar-refractivity contribution >= 4 is 17.6 Å². The number of nitrogens with one attached hydrogen (secondary N) is 1. The van der Waals surface area contributed by atoms with Crippen LogP contribution < -0.4 is 10.1 Å². The number of rotatable bonds is 4. The van der Waals surface area contributed by atoms with Crippen LogP contribution in [0.5, 0.6) is 5.75 Å². The molecule has 1 aliphatic heterocycles. The van der Waals surface area contributed by atoms with E-state index < -0.39 is 5.60 Å². The minimum atomic E-state index is -0.962. The summed E-state index contributed by atoms with van der Waals surface area (Å²) in [7, 11) is 0. The second-order valence-corrected chi connectivity index (χ2v) is 7.00. The molecule has 0 aromatic heterocycles. The van der Waals surface area contributed by atoms with Crippen molar-refractivity contribution in [3.05, 3.63) is 60.7 Å². The molecule has 142 valence electrons. The minimum absolute atomic E-state index is 0.0746. The normalized spacial score (nSPS) is 14.6. The lowest BCUT2D eigenvalue weighted by Crippen LogP contribution is -2.57. The lowest BCUT2D eigenvalue weighted by Gasteiger charge is -2.38. The van der Waals surface area contributed by atoms with Crippen molar-refractivity contribution < 1.29 is 14.3 Å². The molecule has 6 heteroatoms. The molecule has 1 N–H and O–H groups in total. The van der Waals surface area contributed by atoms with Gasteiger partial charge in [-0.05, 0) is 38.1 Å². The highest BCUT2D eigenvalue weighted by atomic mass is 16.5. The predicted octanol–water partition coefficient (Wildman–Crippen LogP) is 3.22. The largest absolute Gasteiger partial charge is 0.478 e. The van der Waals surface area contributed by atoms with Crippen LogP contribution in [0.3, 0.4) is 0 Å². The number of carbonyl (C=O) groups excluding carboxylic acids is 2. The highest BCUT2D eigenvalue weighted by Crippen LogP contribution is 2.21. The van der Waals surface area contributed by atoms with E-state index in [0.29, 0.717) is 31.9 Å². The zero-order valence-electron chi connectivity index (χ0n) is 15.7. The van der Waals surface area contributed by atoms with Gasteiger partial charge in [0.25, 0.3) is 5.91 Å². The number of hydrogen-bond acceptors (Lipinski definition) is 3. The molecule has 3 rings (SSSR count). The van der Waals surface area contributed by atoms with Crippen molar-refractivity contribution in [1.82, 2.24) is 9.80 Å². The first-order valence-corrected chi connectivity index (χ1v) is 9.10. The monoisotopic (exact) mass is 367 g/mol. The maximum Gasteiger partial charge on any atom is 0.321 e. The number of anilines is 1. The number of piperazine rings is 1. The molecule has 0 saturated carbocycles. The van der Waals surface area contributed by atoms with Gasteiger partial charge >= 0.3 is 6.03 Å². The van der Waals surface area contributed by atoms with Crippen LogP contribution >= 0.6 is 0 Å². The molecule has 0 radical (unpaired) electrons. The third kappa shape index (κ3) is 4.78. The molecule has 27 heavy (non-hydrogen) atoms. The molecule has 1 heterocycles. The zero-order chi connectivity index (χ0) is 19.3. The topological polar surface area (TPSA) is 61.9 Å². The third-order valence-corrected chi connectivity index (χ3v) is 4.51. The van der Waals surface area contributed by atoms with Gasteiger partial charge in [0.05, 0.1) is 0 Å². The van der Waals surface area contributed by atoms with Crippen molar-refractivity contribution in [1.29, 1.82) is 0 Å². The highest BCUT2D eigenvalue weighted by molar-refractivity contribution is 5.90. The summed E-state index contributed by atoms with van der Waals surface area (Å²) in [6, 6.07) is 18.5. The van der Waals surface area contributed by atoms with E-state index in [1.165, 1.54) is 0 Å². The Morgan fingerprint density at radius 2 is 1.37 bits per heavy atom. The number of hydrogen-bond donors (Lipinski definition) is 1. The maximum absolute atomic E-state index is 12.9. The summed E-state index contributed by atoms with van der Waals surface area (Å²) in [4.78, 5) is 28.7. The van der Waals surface area contributed by atoms with Crippen LogP contribution in [0.1, 0.15) is 13.8 Å². The fraction of sp³-hybridized carbons (Fsp3) is 0.333. The zero-order valence-corrected chi connectivity index (χ0v) is 15.7. The smallest absolute Gasteiger partial charge is 0.321 e. The van der Waals surface area contributed by atoms with Gasteiger partial charge in [-0.15, -0.1) is 0 Å². The molecule has 2 aromatic rings. The molecule has 0 spiro atoms. The summed E-state index contributed by atoms with van der Waals surface area (Å²) >= 11 is 0. The quantitative estimate of drug-likeness (QED) is 0.903. The Kier molecular flexibility index (Phi) is 5.64. The van der Waals surface area contributed by atoms with Crippen molar-refractivity contribution in [3.8, 4) is 5.75 Å². The van der Waals surface area contributed by atoms with Gasteiger partial charge in [0.1, 0.15) is 5.75 Å². The summed E-state index contributed by atoms with van der Waals surface area (Å²) in [5.74, 6) is 0.589. The van der Waals surface area contributed by atoms with Gasteiger partial charge in [0, 0.05) is 31.9 Å². The van der Waals surface area contributed by atoms with E-state index >= 15 is 0 Å². The molecule has 1 fully saturated rings. The Balaban J connectivity index is 1.53. The Morgan fingerprint density at radius 3 is 1.96 bits per heavy atom. The van der Waals surface area contributed by atoms with Gasteiger partial charge in [-0.3, -0.25) is 4.79 Å². The molecule has 3 amide bonds. The summed E-state index contributed by atoms with van der Waals surface area (Å²) in [6.07, 6.45) is 0. The van der Waals surface area contributed by atoms with Gasteiger partial charge < -0.3 is 19.9 Å². The molecule has 0 unspecified atom stereocenters. The molecule has 1 aliphatic rings. The number of nitrogens with zero attached hydrogens (tertiary/aromatic N) is 2. The first-order chi connectivity index (χ1) is 13.0. The summed E-state index contributed by atoms with van der Waals surface area (Å²) in [6.45, 7) is 5.51. The molecule has 0 atom stereocenters. The van der Waals surface area contributed by atoms with Gasteiger partial charge in [0.2, 0.25) is 0 Å². The average Bonchev–Trinajstić information content (AvgIpc) is 2.69. The number of urea groups is 1. The van der Waals surface area contributed by atoms with Crippen molar-refractivity contribution in [2.75, 3.05) is 31.5 Å². The fourth-order valence-corrected chi connectivity index (χ4v) is 3.04.